The minimum absolute atomic E-state index is 0.404. The molecule has 0 bridgehead atoms. The number of hydrogen-bond acceptors (Lipinski definition) is 4. The third-order valence-electron chi connectivity index (χ3n) is 2.60. The van der Waals surface area contributed by atoms with Crippen LogP contribution in [0.25, 0.3) is 0 Å². The second kappa shape index (κ2) is 5.01. The molecule has 1 atom stereocenters. The number of anilines is 1. The van der Waals surface area contributed by atoms with Crippen molar-refractivity contribution in [2.75, 3.05) is 23.7 Å². The van der Waals surface area contributed by atoms with Crippen LogP contribution >= 0.6 is 24.0 Å². The number of nitrogens with two attached hydrogens (primary N) is 1. The number of thioether (sulfide) groups is 1. The highest BCUT2D eigenvalue weighted by Gasteiger charge is 2.17. The van der Waals surface area contributed by atoms with Crippen molar-refractivity contribution in [2.24, 2.45) is 5.73 Å². The van der Waals surface area contributed by atoms with E-state index in [4.69, 9.17) is 18.0 Å². The first-order chi connectivity index (χ1) is 7.66. The summed E-state index contributed by atoms with van der Waals surface area (Å²) in [7, 11) is 0. The molecule has 0 saturated carbocycles. The lowest BCUT2D eigenvalue weighted by Crippen LogP contribution is -2.37. The smallest absolute Gasteiger partial charge is 0.128 e. The third kappa shape index (κ3) is 2.65. The van der Waals surface area contributed by atoms with Crippen LogP contribution in [-0.2, 0) is 0 Å². The predicted octanol–water partition coefficient (Wildman–Crippen LogP) is 1.66. The third-order valence-corrected chi connectivity index (χ3v) is 3.97. The molecule has 2 N–H and O–H groups in total. The average Bonchev–Trinajstić information content (AvgIpc) is 2.29. The lowest BCUT2D eigenvalue weighted by molar-refractivity contribution is 0.770. The molecule has 16 heavy (non-hydrogen) atoms. The molecular weight excluding hydrogens is 238 g/mol. The quantitative estimate of drug-likeness (QED) is 0.812. The molecule has 2 heterocycles. The molecule has 0 amide bonds. The van der Waals surface area contributed by atoms with Crippen molar-refractivity contribution in [2.45, 2.75) is 12.2 Å². The Morgan fingerprint density at radius 3 is 3.00 bits per heavy atom. The summed E-state index contributed by atoms with van der Waals surface area (Å²) in [6.07, 6.45) is 1.75. The minimum atomic E-state index is 0.404. The Bertz CT molecular complexity index is 377. The topological polar surface area (TPSA) is 42.1 Å². The molecule has 2 rings (SSSR count). The van der Waals surface area contributed by atoms with E-state index in [-0.39, 0.29) is 0 Å². The van der Waals surface area contributed by atoms with Crippen LogP contribution in [0.1, 0.15) is 12.5 Å². The van der Waals surface area contributed by atoms with Gasteiger partial charge < -0.3 is 10.6 Å². The van der Waals surface area contributed by atoms with Crippen molar-refractivity contribution in [1.82, 2.24) is 4.98 Å². The highest BCUT2D eigenvalue weighted by Crippen LogP contribution is 2.22. The van der Waals surface area contributed by atoms with Gasteiger partial charge in [-0.1, -0.05) is 19.1 Å². The Morgan fingerprint density at radius 1 is 1.62 bits per heavy atom. The average molecular weight is 253 g/mol. The normalized spacial score (nSPS) is 20.8. The van der Waals surface area contributed by atoms with Crippen LogP contribution in [0.3, 0.4) is 0 Å². The molecule has 1 aromatic rings. The number of aromatic nitrogens is 1. The molecule has 0 aliphatic carbocycles. The van der Waals surface area contributed by atoms with E-state index in [1.54, 1.807) is 6.20 Å². The van der Waals surface area contributed by atoms with Gasteiger partial charge in [0.15, 0.2) is 0 Å². The summed E-state index contributed by atoms with van der Waals surface area (Å²) in [5.74, 6) is 2.19. The Balaban J connectivity index is 2.11. The van der Waals surface area contributed by atoms with E-state index in [2.05, 4.69) is 16.8 Å². The van der Waals surface area contributed by atoms with Gasteiger partial charge in [-0.3, -0.25) is 0 Å². The monoisotopic (exact) mass is 253 g/mol. The Kier molecular flexibility index (Phi) is 3.66. The molecule has 0 spiro atoms. The largest absolute Gasteiger partial charge is 0.389 e. The summed E-state index contributed by atoms with van der Waals surface area (Å²) in [4.78, 5) is 7.12. The fourth-order valence-corrected chi connectivity index (χ4v) is 2.88. The van der Waals surface area contributed by atoms with Gasteiger partial charge in [-0.15, -0.1) is 0 Å². The second-order valence-corrected chi connectivity index (χ2v) is 5.88. The van der Waals surface area contributed by atoms with E-state index in [1.807, 2.05) is 23.9 Å². The van der Waals surface area contributed by atoms with E-state index < -0.39 is 0 Å². The number of pyridine rings is 1. The van der Waals surface area contributed by atoms with Crippen LogP contribution in [0.5, 0.6) is 0 Å². The second-order valence-electron chi connectivity index (χ2n) is 3.90. The molecule has 1 unspecified atom stereocenters. The predicted molar refractivity (Wildman–Crippen MR) is 74.3 cm³/mol. The maximum Gasteiger partial charge on any atom is 0.128 e. The molecule has 0 radical (unpaired) electrons. The zero-order valence-corrected chi connectivity index (χ0v) is 10.9. The summed E-state index contributed by atoms with van der Waals surface area (Å²) in [6.45, 7) is 4.37. The van der Waals surface area contributed by atoms with Gasteiger partial charge in [0.25, 0.3) is 0 Å². The molecule has 0 aromatic carbocycles. The fourth-order valence-electron chi connectivity index (χ4n) is 1.75. The van der Waals surface area contributed by atoms with Gasteiger partial charge in [-0.05, 0) is 12.1 Å². The van der Waals surface area contributed by atoms with Gasteiger partial charge in [0.05, 0.1) is 0 Å². The molecule has 5 heteroatoms. The molecule has 1 saturated heterocycles. The fraction of sp³-hybridized carbons (Fsp3) is 0.455. The molecular formula is C11H15N3S2. The van der Waals surface area contributed by atoms with Crippen LogP contribution < -0.4 is 10.6 Å². The summed E-state index contributed by atoms with van der Waals surface area (Å²) in [6, 6.07) is 3.94. The van der Waals surface area contributed by atoms with Crippen LogP contribution in [0.15, 0.2) is 18.3 Å². The first-order valence-corrected chi connectivity index (χ1v) is 6.75. The Morgan fingerprint density at radius 2 is 2.44 bits per heavy atom. The maximum absolute atomic E-state index is 5.54. The van der Waals surface area contributed by atoms with Gasteiger partial charge in [-0.2, -0.15) is 11.8 Å². The van der Waals surface area contributed by atoms with Crippen molar-refractivity contribution in [3.05, 3.63) is 23.9 Å². The number of thiocarbonyl (C=S) groups is 1. The summed E-state index contributed by atoms with van der Waals surface area (Å²) >= 11 is 6.92. The van der Waals surface area contributed by atoms with Crippen molar-refractivity contribution >= 4 is 34.8 Å². The maximum atomic E-state index is 5.54. The van der Waals surface area contributed by atoms with Gasteiger partial charge in [0.2, 0.25) is 0 Å². The van der Waals surface area contributed by atoms with Crippen LogP contribution in [0, 0.1) is 0 Å². The lowest BCUT2D eigenvalue weighted by Gasteiger charge is -2.31. The van der Waals surface area contributed by atoms with Crippen molar-refractivity contribution < 1.29 is 0 Å². The van der Waals surface area contributed by atoms with E-state index in [0.717, 1.165) is 24.5 Å². The molecule has 1 fully saturated rings. The number of hydrogen-bond donors (Lipinski definition) is 1. The van der Waals surface area contributed by atoms with Gasteiger partial charge in [0, 0.05) is 35.9 Å². The van der Waals surface area contributed by atoms with Crippen LogP contribution in [-0.4, -0.2) is 34.1 Å². The van der Waals surface area contributed by atoms with E-state index in [9.17, 15) is 0 Å². The number of rotatable bonds is 2. The zero-order valence-electron chi connectivity index (χ0n) is 9.22. The Hall–Kier alpha value is -0.810. The SMILES string of the molecule is CC1CN(c2ccc(C(N)=S)cn2)CCS1. The Labute approximate surface area is 105 Å². The number of nitrogens with zero attached hydrogens (tertiary/aromatic N) is 2. The summed E-state index contributed by atoms with van der Waals surface area (Å²) < 4.78 is 0. The van der Waals surface area contributed by atoms with Crippen LogP contribution in [0.2, 0.25) is 0 Å². The molecule has 3 nitrogen and oxygen atoms in total. The molecule has 86 valence electrons. The first kappa shape index (κ1) is 11.7. The van der Waals surface area contributed by atoms with Crippen LogP contribution in [0.4, 0.5) is 5.82 Å². The zero-order chi connectivity index (χ0) is 11.5. The molecule has 1 aliphatic rings. The van der Waals surface area contributed by atoms with Gasteiger partial charge >= 0.3 is 0 Å². The highest BCUT2D eigenvalue weighted by molar-refractivity contribution is 8.00. The molecule has 1 aromatic heterocycles. The van der Waals surface area contributed by atoms with E-state index >= 15 is 0 Å². The summed E-state index contributed by atoms with van der Waals surface area (Å²) in [5.41, 5.74) is 6.37. The van der Waals surface area contributed by atoms with Crippen molar-refractivity contribution in [3.63, 3.8) is 0 Å². The lowest BCUT2D eigenvalue weighted by atomic mass is 10.2. The first-order valence-electron chi connectivity index (χ1n) is 5.29. The molecule has 1 aliphatic heterocycles. The van der Waals surface area contributed by atoms with Gasteiger partial charge in [-0.25, -0.2) is 4.98 Å². The minimum Gasteiger partial charge on any atom is -0.389 e. The summed E-state index contributed by atoms with van der Waals surface area (Å²) in [5, 5.41) is 0.672. The van der Waals surface area contributed by atoms with E-state index in [0.29, 0.717) is 10.2 Å². The van der Waals surface area contributed by atoms with Crippen molar-refractivity contribution in [3.8, 4) is 0 Å². The standard InChI is InChI=1S/C11H15N3S2/c1-8-7-14(4-5-16-8)10-3-2-9(6-13-10)11(12)15/h2-3,6,8H,4-5,7H2,1H3,(H2,12,15). The highest BCUT2D eigenvalue weighted by atomic mass is 32.2. The van der Waals surface area contributed by atoms with Crippen molar-refractivity contribution in [1.29, 1.82) is 0 Å². The van der Waals surface area contributed by atoms with E-state index in [1.165, 1.54) is 5.75 Å². The van der Waals surface area contributed by atoms with Gasteiger partial charge in [0.1, 0.15) is 10.8 Å².